The van der Waals surface area contributed by atoms with Crippen molar-refractivity contribution in [1.29, 1.82) is 0 Å². The average Bonchev–Trinajstić information content (AvgIpc) is 1.14. The van der Waals surface area contributed by atoms with E-state index in [2.05, 4.69) is 0 Å². The Morgan fingerprint density at radius 1 is 0.700 bits per heavy atom. The van der Waals surface area contributed by atoms with E-state index in [-0.39, 0.29) is 0 Å². The van der Waals surface area contributed by atoms with Crippen molar-refractivity contribution in [3.8, 4) is 0 Å². The van der Waals surface area contributed by atoms with Gasteiger partial charge in [-0.2, -0.15) is 0 Å². The van der Waals surface area contributed by atoms with Gasteiger partial charge in [-0.15, -0.1) is 0 Å². The summed E-state index contributed by atoms with van der Waals surface area (Å²) in [6.07, 6.45) is 0. The zero-order valence-electron chi connectivity index (χ0n) is 4.05. The van der Waals surface area contributed by atoms with Crippen molar-refractivity contribution >= 4 is 94.4 Å². The van der Waals surface area contributed by atoms with Gasteiger partial charge in [0.05, 0.1) is 0 Å². The van der Waals surface area contributed by atoms with Gasteiger partial charge in [0.25, 0.3) is 0 Å². The Kier molecular flexibility index (Phi) is 8.34. The summed E-state index contributed by atoms with van der Waals surface area (Å²) < 4.78 is -4.44. The molecule has 0 radical (unpaired) electrons. The van der Waals surface area contributed by atoms with Gasteiger partial charge in [-0.25, -0.2) is 0 Å². The van der Waals surface area contributed by atoms with Gasteiger partial charge in [-0.1, -0.05) is 34.8 Å². The SMILES string of the molecule is ClC(Cl)Cl.ClP(Cl)(Cl)(Cl)Cl. The predicted octanol–water partition coefficient (Wildman–Crippen LogP) is 6.30. The fraction of sp³-hybridized carbons (Fsp3) is 1.00. The van der Waals surface area contributed by atoms with Crippen molar-refractivity contribution in [1.82, 2.24) is 0 Å². The van der Waals surface area contributed by atoms with Gasteiger partial charge in [0, 0.05) is 0 Å². The van der Waals surface area contributed by atoms with Crippen molar-refractivity contribution in [2.45, 2.75) is 4.30 Å². The van der Waals surface area contributed by atoms with Gasteiger partial charge < -0.3 is 0 Å². The molecule has 0 aromatic heterocycles. The fourth-order valence-corrected chi connectivity index (χ4v) is 0. The van der Waals surface area contributed by atoms with Crippen LogP contribution in [-0.2, 0) is 0 Å². The second kappa shape index (κ2) is 5.47. The second-order valence-electron chi connectivity index (χ2n) is 0.886. The molecule has 0 N–H and O–H groups in total. The summed E-state index contributed by atoms with van der Waals surface area (Å²) >= 11 is 39.3. The predicted molar refractivity (Wildman–Crippen MR) is 57.5 cm³/mol. The Labute approximate surface area is 97.8 Å². The molecule has 10 heavy (non-hydrogen) atoms. The van der Waals surface area contributed by atoms with Gasteiger partial charge in [0.2, 0.25) is 0 Å². The molecule has 0 aromatic carbocycles. The number of alkyl halides is 3. The zero-order valence-corrected chi connectivity index (χ0v) is 11.0. The van der Waals surface area contributed by atoms with Crippen LogP contribution in [0.5, 0.6) is 0 Å². The molecule has 0 atom stereocenters. The minimum absolute atomic E-state index is 0.750. The molecular formula is CHCl8P. The van der Waals surface area contributed by atoms with E-state index < -0.39 is 7.66 Å². The van der Waals surface area contributed by atoms with Crippen LogP contribution in [0.25, 0.3) is 0 Å². The van der Waals surface area contributed by atoms with Crippen LogP contribution in [-0.4, -0.2) is 4.30 Å². The van der Waals surface area contributed by atoms with Crippen LogP contribution in [0.15, 0.2) is 0 Å². The summed E-state index contributed by atoms with van der Waals surface area (Å²) in [5.74, 6) is 0. The Bertz CT molecular complexity index is 67.5. The zero-order chi connectivity index (χ0) is 9.02. The topological polar surface area (TPSA) is 0 Å². The average molecular weight is 328 g/mol. The summed E-state index contributed by atoms with van der Waals surface area (Å²) in [4.78, 5) is 0. The molecule has 9 heteroatoms. The molecule has 0 bridgehead atoms. The first-order chi connectivity index (χ1) is 3.97. The number of rotatable bonds is 0. The van der Waals surface area contributed by atoms with Crippen LogP contribution >= 0.6 is 94.4 Å². The molecule has 0 aliphatic rings. The van der Waals surface area contributed by atoms with Crippen molar-refractivity contribution in [3.63, 3.8) is 0 Å². The molecule has 0 saturated heterocycles. The number of halogens is 8. The van der Waals surface area contributed by atoms with E-state index in [1.54, 1.807) is 0 Å². The standard InChI is InChI=1S/CHCl3.Cl5P/c2-1(3)4;1-6(2,3,4)5/h1H;. The first kappa shape index (κ1) is 15.2. The normalized spacial score (nSPS) is 15.1. The molecular weight excluding hydrogens is 327 g/mol. The van der Waals surface area contributed by atoms with E-state index in [0.717, 1.165) is 0 Å². The summed E-state index contributed by atoms with van der Waals surface area (Å²) in [7, 11) is 0. The van der Waals surface area contributed by atoms with Gasteiger partial charge >= 0.3 is 59.6 Å². The van der Waals surface area contributed by atoms with E-state index in [4.69, 9.17) is 91.0 Å². The third-order valence-electron chi connectivity index (χ3n) is 0. The van der Waals surface area contributed by atoms with Gasteiger partial charge in [-0.3, -0.25) is 0 Å². The van der Waals surface area contributed by atoms with Crippen LogP contribution < -0.4 is 0 Å². The molecule has 0 aliphatic heterocycles. The Hall–Kier alpha value is 2.75. The fourth-order valence-electron chi connectivity index (χ4n) is 0. The number of hydrogen-bond donors (Lipinski definition) is 0. The van der Waals surface area contributed by atoms with Crippen molar-refractivity contribution in [2.75, 3.05) is 0 Å². The first-order valence-corrected chi connectivity index (χ1v) is 9.57. The quantitative estimate of drug-likeness (QED) is 0.362. The maximum absolute atomic E-state index is 4.98. The molecule has 0 amide bonds. The summed E-state index contributed by atoms with van der Waals surface area (Å²) in [5.41, 5.74) is 0. The Morgan fingerprint density at radius 2 is 0.700 bits per heavy atom. The van der Waals surface area contributed by atoms with E-state index >= 15 is 0 Å². The molecule has 0 aliphatic carbocycles. The molecule has 0 saturated carbocycles. The van der Waals surface area contributed by atoms with Crippen LogP contribution in [0.4, 0.5) is 0 Å². The molecule has 0 aromatic rings. The van der Waals surface area contributed by atoms with Crippen LogP contribution in [0, 0.1) is 0 Å². The van der Waals surface area contributed by atoms with Gasteiger partial charge in [0.1, 0.15) is 0 Å². The summed E-state index contributed by atoms with van der Waals surface area (Å²) in [6.45, 7) is 0. The maximum atomic E-state index is 4.98. The monoisotopic (exact) mass is 324 g/mol. The van der Waals surface area contributed by atoms with Crippen LogP contribution in [0.1, 0.15) is 0 Å². The van der Waals surface area contributed by atoms with Crippen molar-refractivity contribution in [3.05, 3.63) is 0 Å². The molecule has 0 heterocycles. The summed E-state index contributed by atoms with van der Waals surface area (Å²) in [6, 6.07) is 0. The second-order valence-corrected chi connectivity index (χ2v) is 19.5. The van der Waals surface area contributed by atoms with Crippen LogP contribution in [0.3, 0.4) is 0 Å². The molecule has 0 unspecified atom stereocenters. The Morgan fingerprint density at radius 3 is 0.700 bits per heavy atom. The van der Waals surface area contributed by atoms with Gasteiger partial charge in [-0.05, 0) is 0 Å². The van der Waals surface area contributed by atoms with Crippen molar-refractivity contribution in [2.24, 2.45) is 0 Å². The molecule has 0 rings (SSSR count). The Balaban J connectivity index is 0. The van der Waals surface area contributed by atoms with Gasteiger partial charge in [0.15, 0.2) is 4.30 Å². The third kappa shape index (κ3) is 135. The molecule has 66 valence electrons. The van der Waals surface area contributed by atoms with E-state index in [0.29, 0.717) is 0 Å². The van der Waals surface area contributed by atoms with E-state index in [9.17, 15) is 0 Å². The minimum atomic E-state index is -3.69. The third-order valence-corrected chi connectivity index (χ3v) is 0. The molecule has 0 nitrogen and oxygen atoms in total. The van der Waals surface area contributed by atoms with E-state index in [1.165, 1.54) is 0 Å². The van der Waals surface area contributed by atoms with Crippen molar-refractivity contribution < 1.29 is 0 Å². The van der Waals surface area contributed by atoms with E-state index in [1.807, 2.05) is 0 Å². The first-order valence-electron chi connectivity index (χ1n) is 1.50. The van der Waals surface area contributed by atoms with Crippen LogP contribution in [0.2, 0.25) is 0 Å². The summed E-state index contributed by atoms with van der Waals surface area (Å²) in [5, 5.41) is 0. The molecule has 0 fully saturated rings. The number of hydrogen-bond acceptors (Lipinski definition) is 0. The molecule has 0 spiro atoms.